The van der Waals surface area contributed by atoms with E-state index in [1.54, 1.807) is 0 Å². The molecule has 5 rings (SSSR count). The lowest BCUT2D eigenvalue weighted by Gasteiger charge is -2.23. The van der Waals surface area contributed by atoms with E-state index in [2.05, 4.69) is 129 Å². The zero-order chi connectivity index (χ0) is 36.9. The first-order chi connectivity index (χ1) is 25.3. The van der Waals surface area contributed by atoms with Crippen LogP contribution in [0.3, 0.4) is 0 Å². The molecular weight excluding hydrogens is 697 g/mol. The molecule has 52 heavy (non-hydrogen) atoms. The van der Waals surface area contributed by atoms with Crippen molar-refractivity contribution in [2.45, 2.75) is 62.0 Å². The molecule has 0 heterocycles. The van der Waals surface area contributed by atoms with Gasteiger partial charge in [-0.05, 0) is 87.4 Å². The lowest BCUT2D eigenvalue weighted by atomic mass is 9.81. The summed E-state index contributed by atoms with van der Waals surface area (Å²) in [7, 11) is -2.78. The minimum absolute atomic E-state index is 0.168. The van der Waals surface area contributed by atoms with Gasteiger partial charge in [0.1, 0.15) is 0 Å². The molecule has 270 valence electrons. The lowest BCUT2D eigenvalue weighted by Crippen LogP contribution is -2.05. The molecule has 4 aromatic rings. The maximum absolute atomic E-state index is 13.2. The summed E-state index contributed by atoms with van der Waals surface area (Å²) in [6.07, 6.45) is 12.9. The minimum atomic E-state index is -1.03. The molecule has 0 N–H and O–H groups in total. The van der Waals surface area contributed by atoms with Gasteiger partial charge in [-0.3, -0.25) is 12.6 Å². The van der Waals surface area contributed by atoms with E-state index in [1.165, 1.54) is 16.7 Å². The second kappa shape index (κ2) is 19.8. The Kier molecular flexibility index (Phi) is 14.9. The molecule has 0 aliphatic heterocycles. The Balaban J connectivity index is 1.34. The van der Waals surface area contributed by atoms with Crippen LogP contribution in [0.25, 0.3) is 16.7 Å². The molecule has 4 aromatic carbocycles. The first-order valence-electron chi connectivity index (χ1n) is 18.0. The van der Waals surface area contributed by atoms with Crippen LogP contribution in [-0.4, -0.2) is 24.1 Å². The predicted octanol–water partition coefficient (Wildman–Crippen LogP) is 10.9. The van der Waals surface area contributed by atoms with Crippen LogP contribution in [0.1, 0.15) is 83.5 Å². The summed E-state index contributed by atoms with van der Waals surface area (Å²) in [5.74, 6) is 3.68. The summed E-state index contributed by atoms with van der Waals surface area (Å²) >= 11 is 0. The Morgan fingerprint density at radius 1 is 0.673 bits per heavy atom. The van der Waals surface area contributed by atoms with E-state index >= 15 is 0 Å². The molecule has 0 spiro atoms. The Bertz CT molecular complexity index is 1980. The quantitative estimate of drug-likeness (QED) is 0.0752. The zero-order valence-electron chi connectivity index (χ0n) is 30.4. The lowest BCUT2D eigenvalue weighted by molar-refractivity contribution is 0.680. The highest BCUT2D eigenvalue weighted by Crippen LogP contribution is 2.39. The number of rotatable bonds is 18. The fourth-order valence-electron chi connectivity index (χ4n) is 6.45. The first kappa shape index (κ1) is 39.2. The molecule has 0 saturated heterocycles. The standard InChI is InChI=1S/C46H50O3S3/c1-5-9-27-51(48)32-36-14-22-42(23-15-36)45-28-44(41-20-12-35(13-21-41)31-50(47)26-6-2)29-46(30-45)43-24-16-38(17-25-43)34-52(49)33-37-10-18-40(19-11-37)39(7-3)8-4/h5,7-8,10-25,29-30,45H,1,3,6,9,26-28,31-34H2,2,4H3/b39-8+/t45-,50?,51?,52?/m1/s1. The number of hydrogen-bond donors (Lipinski definition) is 0. The molecule has 0 amide bonds. The Hall–Kier alpha value is -3.97. The molecule has 1 aliphatic carbocycles. The summed E-state index contributed by atoms with van der Waals surface area (Å²) in [6.45, 7) is 11.7. The average molecular weight is 747 g/mol. The van der Waals surface area contributed by atoms with Gasteiger partial charge < -0.3 is 0 Å². The third-order valence-electron chi connectivity index (χ3n) is 9.28. The molecule has 3 unspecified atom stereocenters. The van der Waals surface area contributed by atoms with Crippen molar-refractivity contribution in [3.05, 3.63) is 185 Å². The van der Waals surface area contributed by atoms with Gasteiger partial charge in [-0.15, -0.1) is 6.58 Å². The van der Waals surface area contributed by atoms with E-state index < -0.39 is 32.4 Å². The first-order valence-corrected chi connectivity index (χ1v) is 22.5. The fourth-order valence-corrected chi connectivity index (χ4v) is 9.98. The summed E-state index contributed by atoms with van der Waals surface area (Å²) < 4.78 is 38.1. The molecule has 0 saturated carbocycles. The maximum atomic E-state index is 13.2. The van der Waals surface area contributed by atoms with Gasteiger partial charge in [0.25, 0.3) is 0 Å². The van der Waals surface area contributed by atoms with Crippen LogP contribution in [0.2, 0.25) is 0 Å². The van der Waals surface area contributed by atoms with Crippen molar-refractivity contribution in [2.24, 2.45) is 0 Å². The smallest absolute Gasteiger partial charge is 0.0489 e. The largest absolute Gasteiger partial charge is 0.259 e. The van der Waals surface area contributed by atoms with Crippen LogP contribution in [0, 0.1) is 0 Å². The van der Waals surface area contributed by atoms with Crippen LogP contribution in [0.5, 0.6) is 0 Å². The highest BCUT2D eigenvalue weighted by atomic mass is 32.2. The van der Waals surface area contributed by atoms with Gasteiger partial charge in [0, 0.05) is 72.8 Å². The Morgan fingerprint density at radius 3 is 1.69 bits per heavy atom. The molecule has 0 aromatic heterocycles. The van der Waals surface area contributed by atoms with Crippen molar-refractivity contribution >= 4 is 49.1 Å². The third-order valence-corrected chi connectivity index (χ3v) is 13.5. The van der Waals surface area contributed by atoms with E-state index in [-0.39, 0.29) is 5.92 Å². The van der Waals surface area contributed by atoms with Gasteiger partial charge in [0.15, 0.2) is 0 Å². The monoisotopic (exact) mass is 746 g/mol. The zero-order valence-corrected chi connectivity index (χ0v) is 32.9. The highest BCUT2D eigenvalue weighted by molar-refractivity contribution is 7.84. The van der Waals surface area contributed by atoms with E-state index in [4.69, 9.17) is 0 Å². The van der Waals surface area contributed by atoms with Crippen molar-refractivity contribution in [1.82, 2.24) is 0 Å². The van der Waals surface area contributed by atoms with Crippen molar-refractivity contribution in [3.63, 3.8) is 0 Å². The SMILES string of the molecule is C=CCCS(=O)Cc1ccc([C@H]2C=C(c3ccc(CS(=O)Cc4ccc(/C(C=C)=C/C)cc4)cc3)C=C(c3ccc(CS(=O)CCC)cc3)C2)cc1. The van der Waals surface area contributed by atoms with Crippen LogP contribution in [0.15, 0.2) is 141 Å². The topological polar surface area (TPSA) is 51.2 Å². The van der Waals surface area contributed by atoms with E-state index in [9.17, 15) is 12.6 Å². The molecule has 4 atom stereocenters. The van der Waals surface area contributed by atoms with Crippen LogP contribution >= 0.6 is 0 Å². The molecule has 6 heteroatoms. The van der Waals surface area contributed by atoms with Gasteiger partial charge in [0.2, 0.25) is 0 Å². The Labute approximate surface area is 318 Å². The van der Waals surface area contributed by atoms with E-state index in [0.29, 0.717) is 28.8 Å². The number of hydrogen-bond acceptors (Lipinski definition) is 3. The normalized spacial score (nSPS) is 16.3. The van der Waals surface area contributed by atoms with Gasteiger partial charge in [0.05, 0.1) is 0 Å². The fraction of sp³-hybridized carbons (Fsp3) is 0.261. The van der Waals surface area contributed by atoms with Crippen LogP contribution < -0.4 is 0 Å². The Morgan fingerprint density at radius 2 is 1.17 bits per heavy atom. The number of benzene rings is 4. The van der Waals surface area contributed by atoms with Crippen molar-refractivity contribution in [2.75, 3.05) is 11.5 Å². The van der Waals surface area contributed by atoms with Crippen molar-refractivity contribution < 1.29 is 12.6 Å². The van der Waals surface area contributed by atoms with Gasteiger partial charge in [-0.1, -0.05) is 141 Å². The molecule has 1 aliphatic rings. The molecular formula is C46H50O3S3. The van der Waals surface area contributed by atoms with Gasteiger partial charge in [-0.2, -0.15) is 0 Å². The van der Waals surface area contributed by atoms with Gasteiger partial charge >= 0.3 is 0 Å². The molecule has 3 nitrogen and oxygen atoms in total. The second-order valence-electron chi connectivity index (χ2n) is 13.3. The molecule has 0 radical (unpaired) electrons. The van der Waals surface area contributed by atoms with Crippen LogP contribution in [0.4, 0.5) is 0 Å². The maximum Gasteiger partial charge on any atom is 0.0489 e. The molecule has 0 bridgehead atoms. The summed E-state index contributed by atoms with van der Waals surface area (Å²) in [4.78, 5) is 0. The summed E-state index contributed by atoms with van der Waals surface area (Å²) in [6, 6.07) is 33.9. The van der Waals surface area contributed by atoms with Crippen molar-refractivity contribution in [1.29, 1.82) is 0 Å². The average Bonchev–Trinajstić information content (AvgIpc) is 3.16. The highest BCUT2D eigenvalue weighted by Gasteiger charge is 2.20. The minimum Gasteiger partial charge on any atom is -0.259 e. The van der Waals surface area contributed by atoms with E-state index in [0.717, 1.165) is 69.5 Å². The van der Waals surface area contributed by atoms with Gasteiger partial charge in [-0.25, -0.2) is 0 Å². The van der Waals surface area contributed by atoms with Crippen molar-refractivity contribution in [3.8, 4) is 0 Å². The third kappa shape index (κ3) is 11.3. The summed E-state index contributed by atoms with van der Waals surface area (Å²) in [5.41, 5.74) is 12.4. The second-order valence-corrected chi connectivity index (χ2v) is 17.9. The molecule has 0 fully saturated rings. The number of allylic oxidation sites excluding steroid dienone is 8. The van der Waals surface area contributed by atoms with E-state index in [1.807, 2.05) is 25.2 Å². The van der Waals surface area contributed by atoms with Crippen LogP contribution in [-0.2, 0) is 55.4 Å². The predicted molar refractivity (Wildman–Crippen MR) is 227 cm³/mol. The summed E-state index contributed by atoms with van der Waals surface area (Å²) in [5, 5.41) is 0.